The van der Waals surface area contributed by atoms with Gasteiger partial charge in [-0.25, -0.2) is 9.78 Å². The molecule has 0 radical (unpaired) electrons. The lowest BCUT2D eigenvalue weighted by Gasteiger charge is -2.49. The van der Waals surface area contributed by atoms with Crippen molar-refractivity contribution in [1.29, 1.82) is 0 Å². The van der Waals surface area contributed by atoms with E-state index in [9.17, 15) is 14.7 Å². The highest BCUT2D eigenvalue weighted by Crippen LogP contribution is 2.32. The number of hydrogen-bond acceptors (Lipinski definition) is 5. The van der Waals surface area contributed by atoms with E-state index in [0.717, 1.165) is 25.9 Å². The zero-order valence-electron chi connectivity index (χ0n) is 13.3. The number of amides is 1. The molecule has 0 aromatic carbocycles. The Morgan fingerprint density at radius 2 is 2.22 bits per heavy atom. The zero-order chi connectivity index (χ0) is 16.4. The molecule has 0 bridgehead atoms. The van der Waals surface area contributed by atoms with E-state index in [4.69, 9.17) is 0 Å². The molecular weight excluding hydrogens is 296 g/mol. The topological polar surface area (TPSA) is 85.8 Å². The number of carbonyl (C=O) groups excluding carboxylic acids is 1. The molecule has 1 amide bonds. The van der Waals surface area contributed by atoms with Crippen LogP contribution in [0.1, 0.15) is 29.6 Å². The van der Waals surface area contributed by atoms with Gasteiger partial charge < -0.3 is 15.3 Å². The van der Waals surface area contributed by atoms with Gasteiger partial charge in [0.15, 0.2) is 0 Å². The average molecular weight is 318 g/mol. The summed E-state index contributed by atoms with van der Waals surface area (Å²) < 4.78 is 0. The summed E-state index contributed by atoms with van der Waals surface area (Å²) in [5.74, 6) is -0.341. The number of aromatic carboxylic acids is 1. The minimum absolute atomic E-state index is 0.0939. The highest BCUT2D eigenvalue weighted by atomic mass is 16.4. The fourth-order valence-electron chi connectivity index (χ4n) is 3.59. The van der Waals surface area contributed by atoms with E-state index < -0.39 is 5.97 Å². The Bertz CT molecular complexity index is 621. The van der Waals surface area contributed by atoms with Gasteiger partial charge in [-0.2, -0.15) is 0 Å². The second-order valence-corrected chi connectivity index (χ2v) is 6.35. The number of carbonyl (C=O) groups is 2. The predicted molar refractivity (Wildman–Crippen MR) is 85.6 cm³/mol. The second kappa shape index (κ2) is 6.16. The highest BCUT2D eigenvalue weighted by Gasteiger charge is 2.41. The minimum Gasteiger partial charge on any atom is -0.478 e. The maximum Gasteiger partial charge on any atom is 0.339 e. The van der Waals surface area contributed by atoms with Crippen LogP contribution in [0.15, 0.2) is 18.3 Å². The van der Waals surface area contributed by atoms with Crippen LogP contribution in [0.2, 0.25) is 0 Å². The van der Waals surface area contributed by atoms with Crippen molar-refractivity contribution >= 4 is 17.7 Å². The average Bonchev–Trinajstić information content (AvgIpc) is 2.73. The normalized spacial score (nSPS) is 26.0. The first-order valence-corrected chi connectivity index (χ1v) is 7.93. The Balaban J connectivity index is 1.89. The molecule has 0 aliphatic carbocycles. The summed E-state index contributed by atoms with van der Waals surface area (Å²) in [4.78, 5) is 31.8. The summed E-state index contributed by atoms with van der Waals surface area (Å²) in [6.07, 6.45) is 3.78. The number of likely N-dealkylation sites (N-methyl/N-ethyl adjacent to an activating group) is 1. The van der Waals surface area contributed by atoms with Crippen molar-refractivity contribution in [2.45, 2.75) is 24.8 Å². The molecule has 3 heterocycles. The van der Waals surface area contributed by atoms with Crippen LogP contribution in [0.3, 0.4) is 0 Å². The Kier molecular flexibility index (Phi) is 4.21. The number of pyridine rings is 1. The number of carboxylic acid groups (broad SMARTS) is 1. The Morgan fingerprint density at radius 3 is 3.00 bits per heavy atom. The SMILES string of the molecule is CN1CCN(c2ncccc2C(=O)O)C[C@]12CCNC(=O)CC2. The molecule has 1 atom stereocenters. The van der Waals surface area contributed by atoms with E-state index in [-0.39, 0.29) is 17.0 Å². The van der Waals surface area contributed by atoms with Crippen molar-refractivity contribution in [3.8, 4) is 0 Å². The Morgan fingerprint density at radius 1 is 1.39 bits per heavy atom. The van der Waals surface area contributed by atoms with Gasteiger partial charge in [-0.15, -0.1) is 0 Å². The Hall–Kier alpha value is -2.15. The molecule has 1 aromatic rings. The minimum atomic E-state index is -0.959. The van der Waals surface area contributed by atoms with Crippen LogP contribution >= 0.6 is 0 Å². The van der Waals surface area contributed by atoms with E-state index in [1.807, 2.05) is 0 Å². The van der Waals surface area contributed by atoms with Gasteiger partial charge in [0.05, 0.1) is 0 Å². The quantitative estimate of drug-likeness (QED) is 0.829. The molecular formula is C16H22N4O3. The lowest BCUT2D eigenvalue weighted by Crippen LogP contribution is -2.61. The smallest absolute Gasteiger partial charge is 0.339 e. The molecule has 2 saturated heterocycles. The van der Waals surface area contributed by atoms with E-state index in [1.165, 1.54) is 0 Å². The molecule has 7 heteroatoms. The molecule has 2 aliphatic rings. The van der Waals surface area contributed by atoms with Gasteiger partial charge >= 0.3 is 5.97 Å². The van der Waals surface area contributed by atoms with Crippen LogP contribution in [0.25, 0.3) is 0 Å². The van der Waals surface area contributed by atoms with Gasteiger partial charge in [-0.05, 0) is 32.0 Å². The number of rotatable bonds is 2. The molecule has 2 fully saturated rings. The summed E-state index contributed by atoms with van der Waals surface area (Å²) in [6, 6.07) is 3.24. The van der Waals surface area contributed by atoms with Crippen LogP contribution < -0.4 is 10.2 Å². The summed E-state index contributed by atoms with van der Waals surface area (Å²) in [5.41, 5.74) is 0.111. The van der Waals surface area contributed by atoms with Gasteiger partial charge in [0.2, 0.25) is 5.91 Å². The molecule has 0 saturated carbocycles. The number of nitrogens with one attached hydrogen (secondary N) is 1. The number of anilines is 1. The van der Waals surface area contributed by atoms with Crippen molar-refractivity contribution in [1.82, 2.24) is 15.2 Å². The molecule has 2 N–H and O–H groups in total. The Labute approximate surface area is 135 Å². The van der Waals surface area contributed by atoms with E-state index >= 15 is 0 Å². The fourth-order valence-corrected chi connectivity index (χ4v) is 3.59. The van der Waals surface area contributed by atoms with Gasteiger partial charge in [0.25, 0.3) is 0 Å². The summed E-state index contributed by atoms with van der Waals surface area (Å²) >= 11 is 0. The van der Waals surface area contributed by atoms with Gasteiger partial charge in [0.1, 0.15) is 11.4 Å². The standard InChI is InChI=1S/C16H22N4O3/c1-19-9-10-20(14-12(15(22)23)3-2-7-18-14)11-16(19)5-4-13(21)17-8-6-16/h2-3,7H,4-6,8-11H2,1H3,(H,17,21)(H,22,23)/t16-/m0/s1. The molecule has 1 spiro atoms. The lowest BCUT2D eigenvalue weighted by atomic mass is 9.86. The largest absolute Gasteiger partial charge is 0.478 e. The summed E-state index contributed by atoms with van der Waals surface area (Å²) in [7, 11) is 2.09. The molecule has 1 aromatic heterocycles. The van der Waals surface area contributed by atoms with Crippen LogP contribution in [0.4, 0.5) is 5.82 Å². The zero-order valence-corrected chi connectivity index (χ0v) is 13.3. The number of aromatic nitrogens is 1. The van der Waals surface area contributed by atoms with Crippen molar-refractivity contribution < 1.29 is 14.7 Å². The third kappa shape index (κ3) is 3.01. The van der Waals surface area contributed by atoms with E-state index in [0.29, 0.717) is 25.3 Å². The van der Waals surface area contributed by atoms with Crippen molar-refractivity contribution in [2.75, 3.05) is 38.1 Å². The number of carboxylic acids is 1. The van der Waals surface area contributed by atoms with Crippen molar-refractivity contribution in [2.24, 2.45) is 0 Å². The fraction of sp³-hybridized carbons (Fsp3) is 0.562. The van der Waals surface area contributed by atoms with Crippen LogP contribution in [0.5, 0.6) is 0 Å². The first-order valence-electron chi connectivity index (χ1n) is 7.93. The molecule has 2 aliphatic heterocycles. The third-order valence-electron chi connectivity index (χ3n) is 5.05. The maximum absolute atomic E-state index is 11.7. The summed E-state index contributed by atoms with van der Waals surface area (Å²) in [6.45, 7) is 2.90. The lowest BCUT2D eigenvalue weighted by molar-refractivity contribution is -0.120. The molecule has 7 nitrogen and oxygen atoms in total. The van der Waals surface area contributed by atoms with Gasteiger partial charge in [0, 0.05) is 44.3 Å². The molecule has 124 valence electrons. The molecule has 23 heavy (non-hydrogen) atoms. The van der Waals surface area contributed by atoms with Gasteiger partial charge in [-0.3, -0.25) is 9.69 Å². The molecule has 3 rings (SSSR count). The van der Waals surface area contributed by atoms with Crippen molar-refractivity contribution in [3.63, 3.8) is 0 Å². The number of hydrogen-bond donors (Lipinski definition) is 2. The molecule has 0 unspecified atom stereocenters. The maximum atomic E-state index is 11.7. The van der Waals surface area contributed by atoms with Crippen molar-refractivity contribution in [3.05, 3.63) is 23.9 Å². The van der Waals surface area contributed by atoms with E-state index in [1.54, 1.807) is 18.3 Å². The van der Waals surface area contributed by atoms with E-state index in [2.05, 4.69) is 27.1 Å². The number of piperazine rings is 1. The monoisotopic (exact) mass is 318 g/mol. The predicted octanol–water partition coefficient (Wildman–Crippen LogP) is 0.570. The van der Waals surface area contributed by atoms with Gasteiger partial charge in [-0.1, -0.05) is 0 Å². The van der Waals surface area contributed by atoms with Crippen LogP contribution in [0, 0.1) is 0 Å². The third-order valence-corrected chi connectivity index (χ3v) is 5.05. The van der Waals surface area contributed by atoms with Crippen LogP contribution in [-0.4, -0.2) is 65.6 Å². The first kappa shape index (κ1) is 15.7. The highest BCUT2D eigenvalue weighted by molar-refractivity contribution is 5.93. The number of nitrogens with zero attached hydrogens (tertiary/aromatic N) is 3. The van der Waals surface area contributed by atoms with Crippen LogP contribution in [-0.2, 0) is 4.79 Å². The second-order valence-electron chi connectivity index (χ2n) is 6.35. The first-order chi connectivity index (χ1) is 11.0. The summed E-state index contributed by atoms with van der Waals surface area (Å²) in [5, 5.41) is 12.3.